The zero-order chi connectivity index (χ0) is 14.5. The number of hydrogen-bond acceptors (Lipinski definition) is 4. The largest absolute Gasteiger partial charge is 0.493 e. The van der Waals surface area contributed by atoms with Crippen molar-refractivity contribution in [2.75, 3.05) is 19.4 Å². The Kier molecular flexibility index (Phi) is 5.82. The smallest absolute Gasteiger partial charge is 0.151 e. The minimum atomic E-state index is -3.03. The first-order chi connectivity index (χ1) is 8.83. The van der Waals surface area contributed by atoms with Crippen LogP contribution in [-0.2, 0) is 15.6 Å². The van der Waals surface area contributed by atoms with E-state index in [2.05, 4.69) is 13.8 Å². The Balaban J connectivity index is 2.97. The van der Waals surface area contributed by atoms with E-state index in [1.54, 1.807) is 0 Å². The van der Waals surface area contributed by atoms with E-state index in [4.69, 9.17) is 10.5 Å². The molecule has 0 aliphatic carbocycles. The van der Waals surface area contributed by atoms with Crippen LogP contribution < -0.4 is 10.5 Å². The summed E-state index contributed by atoms with van der Waals surface area (Å²) >= 11 is 0. The fourth-order valence-electron chi connectivity index (χ4n) is 1.84. The van der Waals surface area contributed by atoms with E-state index in [1.807, 2.05) is 18.2 Å². The van der Waals surface area contributed by atoms with Gasteiger partial charge in [-0.05, 0) is 36.1 Å². The van der Waals surface area contributed by atoms with Gasteiger partial charge < -0.3 is 10.5 Å². The fraction of sp³-hybridized carbons (Fsp3) is 0.571. The zero-order valence-electron chi connectivity index (χ0n) is 11.8. The lowest BCUT2D eigenvalue weighted by atomic mass is 10.0. The van der Waals surface area contributed by atoms with Crippen molar-refractivity contribution in [3.05, 3.63) is 29.3 Å². The van der Waals surface area contributed by atoms with E-state index in [0.717, 1.165) is 23.3 Å². The van der Waals surface area contributed by atoms with Gasteiger partial charge in [-0.1, -0.05) is 26.0 Å². The monoisotopic (exact) mass is 285 g/mol. The van der Waals surface area contributed by atoms with Gasteiger partial charge in [-0.15, -0.1) is 0 Å². The molecule has 4 nitrogen and oxygen atoms in total. The molecule has 0 saturated heterocycles. The van der Waals surface area contributed by atoms with Gasteiger partial charge in [0.1, 0.15) is 5.75 Å². The third-order valence-electron chi connectivity index (χ3n) is 2.73. The van der Waals surface area contributed by atoms with E-state index in [-0.39, 0.29) is 5.75 Å². The van der Waals surface area contributed by atoms with E-state index in [1.165, 1.54) is 6.26 Å². The molecule has 0 amide bonds. The van der Waals surface area contributed by atoms with Crippen LogP contribution in [0.4, 0.5) is 0 Å². The van der Waals surface area contributed by atoms with Crippen molar-refractivity contribution >= 4 is 9.84 Å². The molecule has 0 spiro atoms. The van der Waals surface area contributed by atoms with Crippen LogP contribution in [0.15, 0.2) is 18.2 Å². The number of nitrogens with two attached hydrogens (primary N) is 1. The lowest BCUT2D eigenvalue weighted by molar-refractivity contribution is 0.309. The summed E-state index contributed by atoms with van der Waals surface area (Å²) in [5.74, 6) is 1.14. The summed E-state index contributed by atoms with van der Waals surface area (Å²) in [6, 6.07) is 5.63. The lowest BCUT2D eigenvalue weighted by Crippen LogP contribution is -2.08. The predicted molar refractivity (Wildman–Crippen MR) is 78.2 cm³/mol. The summed E-state index contributed by atoms with van der Waals surface area (Å²) in [6.45, 7) is 5.31. The minimum absolute atomic E-state index is 0.0403. The van der Waals surface area contributed by atoms with Gasteiger partial charge in [-0.3, -0.25) is 0 Å². The van der Waals surface area contributed by atoms with Gasteiger partial charge in [0.25, 0.3) is 0 Å². The molecule has 0 aromatic heterocycles. The minimum Gasteiger partial charge on any atom is -0.493 e. The Morgan fingerprint density at radius 2 is 2.00 bits per heavy atom. The third kappa shape index (κ3) is 5.61. The zero-order valence-corrected chi connectivity index (χ0v) is 12.7. The van der Waals surface area contributed by atoms with Crippen molar-refractivity contribution < 1.29 is 13.2 Å². The van der Waals surface area contributed by atoms with Crippen molar-refractivity contribution in [3.63, 3.8) is 0 Å². The maximum absolute atomic E-state index is 11.3. The van der Waals surface area contributed by atoms with Gasteiger partial charge >= 0.3 is 0 Å². The summed E-state index contributed by atoms with van der Waals surface area (Å²) in [6.07, 6.45) is 2.02. The third-order valence-corrected chi connectivity index (χ3v) is 3.59. The molecule has 0 radical (unpaired) electrons. The molecule has 1 aromatic carbocycles. The van der Waals surface area contributed by atoms with Gasteiger partial charge in [-0.2, -0.15) is 0 Å². The predicted octanol–water partition coefficient (Wildman–Crippen LogP) is 2.08. The lowest BCUT2D eigenvalue weighted by Gasteiger charge is -2.15. The number of sulfone groups is 1. The summed E-state index contributed by atoms with van der Waals surface area (Å²) in [5, 5.41) is 0. The summed E-state index contributed by atoms with van der Waals surface area (Å²) in [4.78, 5) is 0. The van der Waals surface area contributed by atoms with E-state index >= 15 is 0 Å². The molecule has 108 valence electrons. The second kappa shape index (κ2) is 6.91. The summed E-state index contributed by atoms with van der Waals surface area (Å²) in [7, 11) is -3.03. The van der Waals surface area contributed by atoms with Gasteiger partial charge in [0.05, 0.1) is 12.4 Å². The van der Waals surface area contributed by atoms with Crippen molar-refractivity contribution in [1.29, 1.82) is 0 Å². The normalized spacial score (nSPS) is 11.8. The average Bonchev–Trinajstić information content (AvgIpc) is 2.27. The quantitative estimate of drug-likeness (QED) is 0.779. The van der Waals surface area contributed by atoms with Crippen molar-refractivity contribution in [1.82, 2.24) is 0 Å². The second-order valence-electron chi connectivity index (χ2n) is 5.09. The fourth-order valence-corrected chi connectivity index (χ4v) is 2.62. The Labute approximate surface area is 115 Å². The van der Waals surface area contributed by atoms with E-state index < -0.39 is 9.84 Å². The Morgan fingerprint density at radius 1 is 1.32 bits per heavy atom. The number of benzene rings is 1. The van der Waals surface area contributed by atoms with Crippen LogP contribution in [0.5, 0.6) is 5.75 Å². The molecule has 0 saturated carbocycles. The van der Waals surface area contributed by atoms with E-state index in [9.17, 15) is 8.42 Å². The van der Waals surface area contributed by atoms with Crippen LogP contribution in [0.2, 0.25) is 0 Å². The second-order valence-corrected chi connectivity index (χ2v) is 7.23. The number of hydrogen-bond donors (Lipinski definition) is 1. The highest BCUT2D eigenvalue weighted by molar-refractivity contribution is 7.89. The van der Waals surface area contributed by atoms with Crippen LogP contribution in [0.1, 0.15) is 37.3 Å². The molecule has 0 fully saturated rings. The maximum atomic E-state index is 11.3. The molecule has 0 aliphatic rings. The molecule has 0 bridgehead atoms. The first-order valence-corrected chi connectivity index (χ1v) is 8.53. The standard InChI is InChI=1S/C14H23NO3S/c1-11(2)13-6-5-12(10-19(3,16)17)9-14(13)18-8-4-7-15/h5-6,9,11H,4,7-8,10,15H2,1-3H3. The SMILES string of the molecule is CC(C)c1ccc(CS(C)(=O)=O)cc1OCCCN. The molecule has 19 heavy (non-hydrogen) atoms. The van der Waals surface area contributed by atoms with E-state index in [0.29, 0.717) is 19.1 Å². The van der Waals surface area contributed by atoms with Crippen LogP contribution in [-0.4, -0.2) is 27.8 Å². The van der Waals surface area contributed by atoms with Crippen molar-refractivity contribution in [3.8, 4) is 5.75 Å². The molecule has 1 rings (SSSR count). The summed E-state index contributed by atoms with van der Waals surface area (Å²) in [5.41, 5.74) is 7.30. The van der Waals surface area contributed by atoms with Crippen molar-refractivity contribution in [2.24, 2.45) is 5.73 Å². The highest BCUT2D eigenvalue weighted by Gasteiger charge is 2.11. The molecule has 5 heteroatoms. The van der Waals surface area contributed by atoms with Gasteiger partial charge in [0, 0.05) is 6.26 Å². The average molecular weight is 285 g/mol. The molecule has 0 atom stereocenters. The Hall–Kier alpha value is -1.07. The first kappa shape index (κ1) is 16.0. The molecule has 0 heterocycles. The molecule has 1 aromatic rings. The highest BCUT2D eigenvalue weighted by Crippen LogP contribution is 2.28. The first-order valence-electron chi connectivity index (χ1n) is 6.47. The van der Waals surface area contributed by atoms with Gasteiger partial charge in [-0.25, -0.2) is 8.42 Å². The van der Waals surface area contributed by atoms with Crippen LogP contribution in [0, 0.1) is 0 Å². The molecule has 2 N–H and O–H groups in total. The molecular formula is C14H23NO3S. The van der Waals surface area contributed by atoms with Crippen LogP contribution in [0.3, 0.4) is 0 Å². The molecular weight excluding hydrogens is 262 g/mol. The Bertz CT molecular complexity index is 509. The topological polar surface area (TPSA) is 69.4 Å². The van der Waals surface area contributed by atoms with Crippen LogP contribution >= 0.6 is 0 Å². The molecule has 0 unspecified atom stereocenters. The van der Waals surface area contributed by atoms with Crippen LogP contribution in [0.25, 0.3) is 0 Å². The van der Waals surface area contributed by atoms with Crippen molar-refractivity contribution in [2.45, 2.75) is 31.9 Å². The Morgan fingerprint density at radius 3 is 2.53 bits per heavy atom. The summed E-state index contributed by atoms with van der Waals surface area (Å²) < 4.78 is 28.4. The van der Waals surface area contributed by atoms with Gasteiger partial charge in [0.2, 0.25) is 0 Å². The maximum Gasteiger partial charge on any atom is 0.151 e. The van der Waals surface area contributed by atoms with Gasteiger partial charge in [0.15, 0.2) is 9.84 Å². The highest BCUT2D eigenvalue weighted by atomic mass is 32.2. The number of rotatable bonds is 7. The molecule has 0 aliphatic heterocycles. The number of ether oxygens (including phenoxy) is 1.